The van der Waals surface area contributed by atoms with Crippen molar-refractivity contribution in [3.8, 4) is 5.75 Å². The molecule has 2 amide bonds. The number of ether oxygens (including phenoxy) is 1. The number of amides is 2. The van der Waals surface area contributed by atoms with E-state index in [1.165, 1.54) is 31.9 Å². The zero-order chi connectivity index (χ0) is 23.7. The number of unbranched alkanes of at least 4 members (excludes halogenated alkanes) is 6. The maximum Gasteiger partial charge on any atom is 0.259 e. The second-order valence-corrected chi connectivity index (χ2v) is 8.37. The highest BCUT2D eigenvalue weighted by molar-refractivity contribution is 6.30. The Hall–Kier alpha value is -2.86. The molecule has 178 valence electrons. The van der Waals surface area contributed by atoms with Crippen molar-refractivity contribution in [1.29, 1.82) is 0 Å². The van der Waals surface area contributed by atoms with E-state index in [4.69, 9.17) is 16.3 Å². The third-order valence-corrected chi connectivity index (χ3v) is 5.29. The number of rotatable bonds is 15. The van der Waals surface area contributed by atoms with Crippen molar-refractivity contribution in [1.82, 2.24) is 10.7 Å². The van der Waals surface area contributed by atoms with Crippen molar-refractivity contribution in [2.24, 2.45) is 5.10 Å². The first kappa shape index (κ1) is 26.4. The number of carbonyl (C=O) groups excluding carboxylic acids is 2. The third kappa shape index (κ3) is 12.1. The molecule has 0 bridgehead atoms. The van der Waals surface area contributed by atoms with Crippen molar-refractivity contribution in [3.63, 3.8) is 0 Å². The van der Waals surface area contributed by atoms with Crippen molar-refractivity contribution >= 4 is 29.6 Å². The molecule has 0 aliphatic carbocycles. The molecule has 0 aliphatic rings. The lowest BCUT2D eigenvalue weighted by atomic mass is 10.1. The monoisotopic (exact) mass is 471 g/mol. The fourth-order valence-electron chi connectivity index (χ4n) is 3.16. The molecule has 0 spiro atoms. The predicted octanol–water partition coefficient (Wildman–Crippen LogP) is 5.63. The molecule has 6 nitrogen and oxygen atoms in total. The van der Waals surface area contributed by atoms with Crippen LogP contribution in [0.15, 0.2) is 53.6 Å². The molecule has 0 radical (unpaired) electrons. The lowest BCUT2D eigenvalue weighted by Gasteiger charge is -2.07. The molecule has 0 saturated heterocycles. The standard InChI is InChI=1S/C26H34ClN3O3/c1-2-3-4-5-6-7-8-12-25(31)28-19-26(32)30-29-18-22-10-9-11-24(17-22)33-20-21-13-15-23(27)16-14-21/h9-11,13-18H,2-8,12,19-20H2,1H3,(H,28,31)(H,30,32). The topological polar surface area (TPSA) is 79.8 Å². The lowest BCUT2D eigenvalue weighted by molar-refractivity contribution is -0.126. The number of nitrogens with zero attached hydrogens (tertiary/aromatic N) is 1. The summed E-state index contributed by atoms with van der Waals surface area (Å²) >= 11 is 5.89. The van der Waals surface area contributed by atoms with Crippen molar-refractivity contribution in [3.05, 3.63) is 64.7 Å². The van der Waals surface area contributed by atoms with E-state index >= 15 is 0 Å². The first-order valence-electron chi connectivity index (χ1n) is 11.6. The molecule has 2 aromatic rings. The maximum atomic E-state index is 11.9. The first-order valence-corrected chi connectivity index (χ1v) is 12.0. The van der Waals surface area contributed by atoms with E-state index in [2.05, 4.69) is 22.8 Å². The van der Waals surface area contributed by atoms with E-state index < -0.39 is 0 Å². The van der Waals surface area contributed by atoms with Crippen LogP contribution in [-0.4, -0.2) is 24.6 Å². The van der Waals surface area contributed by atoms with Crippen LogP contribution >= 0.6 is 11.6 Å². The van der Waals surface area contributed by atoms with E-state index in [1.807, 2.05) is 48.5 Å². The largest absolute Gasteiger partial charge is 0.489 e. The SMILES string of the molecule is CCCCCCCCCC(=O)NCC(=O)NN=Cc1cccc(OCc2ccc(Cl)cc2)c1. The smallest absolute Gasteiger partial charge is 0.259 e. The van der Waals surface area contributed by atoms with Gasteiger partial charge in [0.25, 0.3) is 5.91 Å². The minimum absolute atomic E-state index is 0.0864. The average molecular weight is 472 g/mol. The Bertz CT molecular complexity index is 885. The summed E-state index contributed by atoms with van der Waals surface area (Å²) in [7, 11) is 0. The summed E-state index contributed by atoms with van der Waals surface area (Å²) in [6.07, 6.45) is 10.1. The van der Waals surface area contributed by atoms with Gasteiger partial charge in [-0.3, -0.25) is 9.59 Å². The van der Waals surface area contributed by atoms with Gasteiger partial charge in [-0.15, -0.1) is 0 Å². The fourth-order valence-corrected chi connectivity index (χ4v) is 3.29. The molecule has 0 atom stereocenters. The summed E-state index contributed by atoms with van der Waals surface area (Å²) in [6, 6.07) is 14.9. The van der Waals surface area contributed by atoms with Crippen LogP contribution < -0.4 is 15.5 Å². The van der Waals surface area contributed by atoms with Crippen molar-refractivity contribution in [2.75, 3.05) is 6.54 Å². The summed E-state index contributed by atoms with van der Waals surface area (Å²) in [6.45, 7) is 2.54. The van der Waals surface area contributed by atoms with E-state index in [9.17, 15) is 9.59 Å². The Labute approximate surface area is 201 Å². The Balaban J connectivity index is 1.62. The minimum atomic E-state index is -0.366. The predicted molar refractivity (Wildman–Crippen MR) is 134 cm³/mol. The van der Waals surface area contributed by atoms with Crippen LogP contribution in [0.2, 0.25) is 5.02 Å². The molecule has 2 N–H and O–H groups in total. The Morgan fingerprint density at radius 2 is 1.70 bits per heavy atom. The molecule has 0 fully saturated rings. The summed E-state index contributed by atoms with van der Waals surface area (Å²) in [5.74, 6) is 0.223. The normalized spacial score (nSPS) is 10.8. The lowest BCUT2D eigenvalue weighted by Crippen LogP contribution is -2.34. The van der Waals surface area contributed by atoms with Crippen LogP contribution in [0.4, 0.5) is 0 Å². The van der Waals surface area contributed by atoms with Crippen LogP contribution in [0.25, 0.3) is 0 Å². The van der Waals surface area contributed by atoms with Crippen molar-refractivity contribution in [2.45, 2.75) is 64.9 Å². The molecular formula is C26H34ClN3O3. The van der Waals surface area contributed by atoms with Gasteiger partial charge in [0, 0.05) is 11.4 Å². The average Bonchev–Trinajstić information content (AvgIpc) is 2.82. The zero-order valence-corrected chi connectivity index (χ0v) is 20.1. The second kappa shape index (κ2) is 15.9. The van der Waals surface area contributed by atoms with Crippen LogP contribution in [0.3, 0.4) is 0 Å². The van der Waals surface area contributed by atoms with Crippen LogP contribution in [0, 0.1) is 0 Å². The number of hydrogen-bond donors (Lipinski definition) is 2. The van der Waals surface area contributed by atoms with E-state index in [0.717, 1.165) is 30.4 Å². The molecule has 2 aromatic carbocycles. The quantitative estimate of drug-likeness (QED) is 0.201. The van der Waals surface area contributed by atoms with Gasteiger partial charge in [0.15, 0.2) is 0 Å². The summed E-state index contributed by atoms with van der Waals surface area (Å²) < 4.78 is 5.79. The number of hydrogen-bond acceptors (Lipinski definition) is 4. The van der Waals surface area contributed by atoms with Gasteiger partial charge in [-0.1, -0.05) is 81.3 Å². The van der Waals surface area contributed by atoms with Gasteiger partial charge in [-0.25, -0.2) is 5.43 Å². The molecule has 0 aromatic heterocycles. The molecule has 0 saturated carbocycles. The Kier molecular flexibility index (Phi) is 12.7. The third-order valence-electron chi connectivity index (χ3n) is 5.03. The highest BCUT2D eigenvalue weighted by Crippen LogP contribution is 2.16. The highest BCUT2D eigenvalue weighted by Gasteiger charge is 2.05. The summed E-state index contributed by atoms with van der Waals surface area (Å²) in [5.41, 5.74) is 4.23. The van der Waals surface area contributed by atoms with Gasteiger partial charge in [-0.05, 0) is 41.8 Å². The molecule has 0 unspecified atom stereocenters. The second-order valence-electron chi connectivity index (χ2n) is 7.93. The Morgan fingerprint density at radius 1 is 0.970 bits per heavy atom. The molecular weight excluding hydrogens is 438 g/mol. The summed E-state index contributed by atoms with van der Waals surface area (Å²) in [4.78, 5) is 23.7. The van der Waals surface area contributed by atoms with Gasteiger partial charge in [-0.2, -0.15) is 5.10 Å². The van der Waals surface area contributed by atoms with Gasteiger partial charge < -0.3 is 10.1 Å². The van der Waals surface area contributed by atoms with Crippen LogP contribution in [0.5, 0.6) is 5.75 Å². The van der Waals surface area contributed by atoms with E-state index in [1.54, 1.807) is 0 Å². The molecule has 0 aliphatic heterocycles. The number of halogens is 1. The van der Waals surface area contributed by atoms with Gasteiger partial charge in [0.1, 0.15) is 12.4 Å². The van der Waals surface area contributed by atoms with E-state index in [-0.39, 0.29) is 18.4 Å². The fraction of sp³-hybridized carbons (Fsp3) is 0.423. The molecule has 0 heterocycles. The van der Waals surface area contributed by atoms with Crippen LogP contribution in [-0.2, 0) is 16.2 Å². The number of nitrogens with one attached hydrogen (secondary N) is 2. The zero-order valence-electron chi connectivity index (χ0n) is 19.3. The number of hydrazone groups is 1. The maximum absolute atomic E-state index is 11.9. The van der Waals surface area contributed by atoms with Crippen molar-refractivity contribution < 1.29 is 14.3 Å². The Morgan fingerprint density at radius 3 is 2.45 bits per heavy atom. The molecule has 33 heavy (non-hydrogen) atoms. The number of benzene rings is 2. The van der Waals surface area contributed by atoms with Gasteiger partial charge in [0.2, 0.25) is 5.91 Å². The first-order chi connectivity index (χ1) is 16.1. The van der Waals surface area contributed by atoms with Gasteiger partial charge >= 0.3 is 0 Å². The molecule has 7 heteroatoms. The van der Waals surface area contributed by atoms with Gasteiger partial charge in [0.05, 0.1) is 12.8 Å². The number of carbonyl (C=O) groups is 2. The highest BCUT2D eigenvalue weighted by atomic mass is 35.5. The minimum Gasteiger partial charge on any atom is -0.489 e. The molecule has 2 rings (SSSR count). The van der Waals surface area contributed by atoms with E-state index in [0.29, 0.717) is 23.8 Å². The summed E-state index contributed by atoms with van der Waals surface area (Å²) in [5, 5.41) is 7.27. The van der Waals surface area contributed by atoms with Crippen LogP contribution in [0.1, 0.15) is 69.4 Å².